The van der Waals surface area contributed by atoms with E-state index in [0.717, 1.165) is 18.8 Å². The molecule has 0 bridgehead atoms. The summed E-state index contributed by atoms with van der Waals surface area (Å²) in [5, 5.41) is 4.18. The van der Waals surface area contributed by atoms with Gasteiger partial charge in [0.15, 0.2) is 0 Å². The Morgan fingerprint density at radius 2 is 1.76 bits per heavy atom. The molecule has 1 aromatic heterocycles. The minimum Gasteiger partial charge on any atom is -0.442 e. The highest BCUT2D eigenvalue weighted by atomic mass is 16.6. The first-order chi connectivity index (χ1) is 11.6. The number of aromatic nitrogens is 2. The van der Waals surface area contributed by atoms with E-state index in [1.165, 1.54) is 10.2 Å². The Balaban J connectivity index is 2.12. The van der Waals surface area contributed by atoms with Crippen LogP contribution >= 0.6 is 0 Å². The molecule has 0 N–H and O–H groups in total. The highest BCUT2D eigenvalue weighted by Gasteiger charge is 2.30. The second-order valence-corrected chi connectivity index (χ2v) is 8.15. The quantitative estimate of drug-likeness (QED) is 0.821. The van der Waals surface area contributed by atoms with Gasteiger partial charge in [-0.1, -0.05) is 44.2 Å². The van der Waals surface area contributed by atoms with Gasteiger partial charge in [-0.25, -0.2) is 4.79 Å². The van der Waals surface area contributed by atoms with E-state index in [0.29, 0.717) is 0 Å². The largest absolute Gasteiger partial charge is 0.442 e. The van der Waals surface area contributed by atoms with Gasteiger partial charge in [-0.05, 0) is 39.4 Å². The summed E-state index contributed by atoms with van der Waals surface area (Å²) in [6.07, 6.45) is 1.21. The fourth-order valence-corrected chi connectivity index (χ4v) is 2.97. The van der Waals surface area contributed by atoms with Crippen molar-refractivity contribution in [2.75, 3.05) is 13.6 Å². The lowest BCUT2D eigenvalue weighted by Gasteiger charge is -2.31. The van der Waals surface area contributed by atoms with Gasteiger partial charge in [0.05, 0.1) is 5.69 Å². The molecular weight excluding hydrogens is 314 g/mol. The van der Waals surface area contributed by atoms with Gasteiger partial charge in [-0.3, -0.25) is 0 Å². The van der Waals surface area contributed by atoms with Crippen LogP contribution in [0.2, 0.25) is 0 Å². The van der Waals surface area contributed by atoms with E-state index in [1.807, 2.05) is 45.0 Å². The first kappa shape index (κ1) is 19.2. The van der Waals surface area contributed by atoms with Crippen molar-refractivity contribution in [3.8, 4) is 0 Å². The number of benzene rings is 1. The lowest BCUT2D eigenvalue weighted by molar-refractivity contribution is 0.0501. The summed E-state index contributed by atoms with van der Waals surface area (Å²) in [4.78, 5) is 14.7. The van der Waals surface area contributed by atoms with Crippen molar-refractivity contribution in [1.82, 2.24) is 14.7 Å². The summed E-state index contributed by atoms with van der Waals surface area (Å²) in [6, 6.07) is 12.2. The summed E-state index contributed by atoms with van der Waals surface area (Å²) in [5.74, 6) is 0. The van der Waals surface area contributed by atoms with Crippen LogP contribution in [0.15, 0.2) is 42.6 Å². The van der Waals surface area contributed by atoms with Gasteiger partial charge in [0.1, 0.15) is 5.60 Å². The summed E-state index contributed by atoms with van der Waals surface area (Å²) >= 11 is 0. The number of hydrogen-bond acceptors (Lipinski definition) is 4. The van der Waals surface area contributed by atoms with Gasteiger partial charge >= 0.3 is 6.09 Å². The minimum atomic E-state index is -0.547. The van der Waals surface area contributed by atoms with E-state index >= 15 is 0 Å². The Morgan fingerprint density at radius 1 is 1.12 bits per heavy atom. The molecule has 5 nitrogen and oxygen atoms in total. The van der Waals surface area contributed by atoms with Crippen LogP contribution in [0.4, 0.5) is 4.79 Å². The van der Waals surface area contributed by atoms with Crippen LogP contribution < -0.4 is 0 Å². The van der Waals surface area contributed by atoms with Gasteiger partial charge < -0.3 is 9.64 Å². The van der Waals surface area contributed by atoms with Gasteiger partial charge in [0.25, 0.3) is 0 Å². The topological polar surface area (TPSA) is 47.4 Å². The van der Waals surface area contributed by atoms with Crippen molar-refractivity contribution in [1.29, 1.82) is 0 Å². The number of likely N-dealkylation sites (N-methyl/N-ethyl adjacent to an activating group) is 1. The average Bonchev–Trinajstić information content (AvgIpc) is 2.96. The Bertz CT molecular complexity index is 699. The molecule has 0 aliphatic heterocycles. The predicted molar refractivity (Wildman–Crippen MR) is 99.7 cm³/mol. The van der Waals surface area contributed by atoms with E-state index in [-0.39, 0.29) is 5.41 Å². The molecule has 1 aromatic carbocycles. The molecule has 0 amide bonds. The summed E-state index contributed by atoms with van der Waals surface area (Å²) in [5.41, 5.74) is 1.31. The molecule has 5 heteroatoms. The van der Waals surface area contributed by atoms with Crippen LogP contribution in [0.5, 0.6) is 0 Å². The Morgan fingerprint density at radius 3 is 2.36 bits per heavy atom. The van der Waals surface area contributed by atoms with Crippen LogP contribution in [0.1, 0.15) is 45.9 Å². The molecule has 25 heavy (non-hydrogen) atoms. The lowest BCUT2D eigenvalue weighted by Crippen LogP contribution is -2.38. The Labute approximate surface area is 150 Å². The van der Waals surface area contributed by atoms with E-state index in [2.05, 4.69) is 43.0 Å². The summed E-state index contributed by atoms with van der Waals surface area (Å²) in [7, 11) is 2.09. The molecule has 0 fully saturated rings. The Hall–Kier alpha value is -2.14. The number of ether oxygens (including phenoxy) is 1. The zero-order chi connectivity index (χ0) is 18.7. The number of carbonyl (C=O) groups is 1. The fourth-order valence-electron chi connectivity index (χ4n) is 2.97. The van der Waals surface area contributed by atoms with E-state index in [4.69, 9.17) is 4.74 Å². The molecule has 1 heterocycles. The molecule has 0 radical (unpaired) electrons. The summed E-state index contributed by atoms with van der Waals surface area (Å²) in [6.45, 7) is 11.4. The van der Waals surface area contributed by atoms with Crippen molar-refractivity contribution >= 4 is 6.09 Å². The first-order valence-electron chi connectivity index (χ1n) is 8.59. The lowest BCUT2D eigenvalue weighted by atomic mass is 9.88. The SMILES string of the molecule is CN(Cc1ccccc1)CC(C)(C)c1ccnn1C(=O)OC(C)(C)C. The van der Waals surface area contributed by atoms with E-state index in [1.54, 1.807) is 6.20 Å². The van der Waals surface area contributed by atoms with Crippen molar-refractivity contribution < 1.29 is 9.53 Å². The molecule has 0 atom stereocenters. The number of hydrogen-bond donors (Lipinski definition) is 0. The molecular formula is C20H29N3O2. The smallest absolute Gasteiger partial charge is 0.435 e. The second-order valence-electron chi connectivity index (χ2n) is 8.15. The average molecular weight is 343 g/mol. The maximum Gasteiger partial charge on any atom is 0.435 e. The number of carbonyl (C=O) groups excluding carboxylic acids is 1. The number of nitrogens with zero attached hydrogens (tertiary/aromatic N) is 3. The molecule has 0 aliphatic carbocycles. The van der Waals surface area contributed by atoms with Crippen LogP contribution in [-0.4, -0.2) is 40.0 Å². The molecule has 0 saturated heterocycles. The molecule has 2 rings (SSSR count). The monoisotopic (exact) mass is 343 g/mol. The summed E-state index contributed by atoms with van der Waals surface area (Å²) < 4.78 is 6.84. The Kier molecular flexibility index (Phi) is 5.68. The van der Waals surface area contributed by atoms with Crippen LogP contribution in [0, 0.1) is 0 Å². The third-order valence-corrected chi connectivity index (χ3v) is 3.86. The zero-order valence-corrected chi connectivity index (χ0v) is 16.1. The van der Waals surface area contributed by atoms with Crippen molar-refractivity contribution in [2.24, 2.45) is 0 Å². The molecule has 136 valence electrons. The predicted octanol–water partition coefficient (Wildman–Crippen LogP) is 4.08. The molecule has 0 unspecified atom stereocenters. The molecule has 0 aliphatic rings. The van der Waals surface area contributed by atoms with E-state index < -0.39 is 11.7 Å². The van der Waals surface area contributed by atoms with Crippen LogP contribution in [-0.2, 0) is 16.7 Å². The highest BCUT2D eigenvalue weighted by Crippen LogP contribution is 2.25. The minimum absolute atomic E-state index is 0.253. The van der Waals surface area contributed by atoms with Crippen LogP contribution in [0.25, 0.3) is 0 Å². The number of rotatable bonds is 5. The second kappa shape index (κ2) is 7.40. The van der Waals surface area contributed by atoms with Gasteiger partial charge in [0, 0.05) is 24.7 Å². The fraction of sp³-hybridized carbons (Fsp3) is 0.500. The standard InChI is InChI=1S/C20H29N3O2/c1-19(2,3)25-18(24)23-17(12-13-21-23)20(4,5)15-22(6)14-16-10-8-7-9-11-16/h7-13H,14-15H2,1-6H3. The van der Waals surface area contributed by atoms with E-state index in [9.17, 15) is 4.79 Å². The highest BCUT2D eigenvalue weighted by molar-refractivity contribution is 5.71. The van der Waals surface area contributed by atoms with Crippen molar-refractivity contribution in [3.63, 3.8) is 0 Å². The zero-order valence-electron chi connectivity index (χ0n) is 16.1. The van der Waals surface area contributed by atoms with Gasteiger partial charge in [-0.2, -0.15) is 9.78 Å². The third kappa shape index (κ3) is 5.43. The van der Waals surface area contributed by atoms with Crippen molar-refractivity contribution in [3.05, 3.63) is 53.9 Å². The molecule has 0 spiro atoms. The maximum absolute atomic E-state index is 12.4. The normalized spacial score (nSPS) is 12.4. The third-order valence-electron chi connectivity index (χ3n) is 3.86. The molecule has 0 saturated carbocycles. The van der Waals surface area contributed by atoms with Gasteiger partial charge in [0.2, 0.25) is 0 Å². The maximum atomic E-state index is 12.4. The van der Waals surface area contributed by atoms with Crippen molar-refractivity contribution in [2.45, 2.75) is 52.2 Å². The van der Waals surface area contributed by atoms with Crippen LogP contribution in [0.3, 0.4) is 0 Å². The van der Waals surface area contributed by atoms with Gasteiger partial charge in [-0.15, -0.1) is 0 Å². The first-order valence-corrected chi connectivity index (χ1v) is 8.59. The molecule has 2 aromatic rings.